The Morgan fingerprint density at radius 3 is 2.52 bits per heavy atom. The van der Waals surface area contributed by atoms with Crippen LogP contribution in [0.2, 0.25) is 0 Å². The summed E-state index contributed by atoms with van der Waals surface area (Å²) in [6.45, 7) is 4.66. The molecule has 1 aromatic rings. The molecule has 118 valence electrons. The summed E-state index contributed by atoms with van der Waals surface area (Å²) in [4.78, 5) is 0.900. The van der Waals surface area contributed by atoms with Crippen molar-refractivity contribution in [1.29, 1.82) is 0 Å². The lowest BCUT2D eigenvalue weighted by Gasteiger charge is -2.29. The second-order valence-electron chi connectivity index (χ2n) is 5.89. The van der Waals surface area contributed by atoms with Crippen molar-refractivity contribution in [3.05, 3.63) is 17.0 Å². The van der Waals surface area contributed by atoms with Gasteiger partial charge in [-0.2, -0.15) is 4.31 Å². The number of hydrogen-bond donors (Lipinski definition) is 1. The lowest BCUT2D eigenvalue weighted by molar-refractivity contribution is 0.293. The molecule has 0 spiro atoms. The van der Waals surface area contributed by atoms with Gasteiger partial charge in [0, 0.05) is 12.6 Å². The van der Waals surface area contributed by atoms with Gasteiger partial charge in [0.1, 0.15) is 9.20 Å². The highest BCUT2D eigenvalue weighted by atomic mass is 32.2. The van der Waals surface area contributed by atoms with Crippen LogP contribution in [0.3, 0.4) is 0 Å². The number of thiocarbonyl (C=S) groups is 1. The zero-order valence-corrected chi connectivity index (χ0v) is 14.9. The summed E-state index contributed by atoms with van der Waals surface area (Å²) in [5.74, 6) is 0.301. The first-order valence-electron chi connectivity index (χ1n) is 7.24. The van der Waals surface area contributed by atoms with Gasteiger partial charge in [-0.15, -0.1) is 11.3 Å². The van der Waals surface area contributed by atoms with Crippen molar-refractivity contribution in [2.75, 3.05) is 6.54 Å². The number of nitrogens with zero attached hydrogens (tertiary/aromatic N) is 1. The van der Waals surface area contributed by atoms with Crippen LogP contribution in [0.5, 0.6) is 0 Å². The molecular formula is C14H22N2O2S3. The first-order valence-corrected chi connectivity index (χ1v) is 9.90. The van der Waals surface area contributed by atoms with Crippen molar-refractivity contribution in [3.8, 4) is 0 Å². The normalized spacial score (nSPS) is 17.0. The molecule has 0 aliphatic heterocycles. The van der Waals surface area contributed by atoms with E-state index in [0.29, 0.717) is 21.5 Å². The van der Waals surface area contributed by atoms with Gasteiger partial charge < -0.3 is 5.73 Å². The highest BCUT2D eigenvalue weighted by Gasteiger charge is 2.34. The summed E-state index contributed by atoms with van der Waals surface area (Å²) in [5.41, 5.74) is 5.58. The summed E-state index contributed by atoms with van der Waals surface area (Å²) in [6.07, 6.45) is 4.13. The molecule has 4 nitrogen and oxygen atoms in total. The van der Waals surface area contributed by atoms with Gasteiger partial charge in [-0.05, 0) is 30.9 Å². The van der Waals surface area contributed by atoms with Crippen LogP contribution in [0.25, 0.3) is 0 Å². The quantitative estimate of drug-likeness (QED) is 0.804. The topological polar surface area (TPSA) is 63.4 Å². The van der Waals surface area contributed by atoms with E-state index in [-0.39, 0.29) is 11.0 Å². The molecule has 2 rings (SSSR count). The van der Waals surface area contributed by atoms with E-state index in [0.717, 1.165) is 25.7 Å². The van der Waals surface area contributed by atoms with Crippen LogP contribution in [0, 0.1) is 5.92 Å². The molecule has 1 fully saturated rings. The Balaban J connectivity index is 2.33. The van der Waals surface area contributed by atoms with E-state index in [2.05, 4.69) is 0 Å². The summed E-state index contributed by atoms with van der Waals surface area (Å²) in [5, 5.41) is 0. The van der Waals surface area contributed by atoms with Gasteiger partial charge in [0.2, 0.25) is 0 Å². The fourth-order valence-electron chi connectivity index (χ4n) is 2.70. The minimum atomic E-state index is -3.46. The van der Waals surface area contributed by atoms with Gasteiger partial charge >= 0.3 is 0 Å². The van der Waals surface area contributed by atoms with E-state index in [1.54, 1.807) is 16.4 Å². The molecule has 1 aliphatic rings. The zero-order valence-electron chi connectivity index (χ0n) is 12.4. The second kappa shape index (κ2) is 6.73. The molecule has 0 amide bonds. The van der Waals surface area contributed by atoms with Crippen LogP contribution < -0.4 is 5.73 Å². The SMILES string of the molecule is CC(C)CN(C1CCCC1)S(=O)(=O)c1ccc(C(N)=S)s1. The molecule has 0 radical (unpaired) electrons. The Kier molecular flexibility index (Phi) is 5.40. The van der Waals surface area contributed by atoms with E-state index in [1.807, 2.05) is 13.8 Å². The Morgan fingerprint density at radius 1 is 1.43 bits per heavy atom. The molecule has 0 aromatic carbocycles. The van der Waals surface area contributed by atoms with Gasteiger partial charge in [-0.25, -0.2) is 8.42 Å². The molecule has 0 bridgehead atoms. The molecule has 1 heterocycles. The predicted molar refractivity (Wildman–Crippen MR) is 91.2 cm³/mol. The van der Waals surface area contributed by atoms with Gasteiger partial charge in [0.15, 0.2) is 0 Å². The number of thiophene rings is 1. The van der Waals surface area contributed by atoms with Crippen molar-refractivity contribution >= 4 is 38.6 Å². The van der Waals surface area contributed by atoms with Crippen molar-refractivity contribution in [1.82, 2.24) is 4.31 Å². The van der Waals surface area contributed by atoms with Crippen LogP contribution in [-0.4, -0.2) is 30.3 Å². The van der Waals surface area contributed by atoms with Crippen LogP contribution in [0.15, 0.2) is 16.3 Å². The van der Waals surface area contributed by atoms with Crippen LogP contribution in [0.1, 0.15) is 44.4 Å². The number of nitrogens with two attached hydrogens (primary N) is 1. The molecule has 0 unspecified atom stereocenters. The van der Waals surface area contributed by atoms with Crippen molar-refractivity contribution in [2.45, 2.75) is 49.8 Å². The number of hydrogen-bond acceptors (Lipinski definition) is 4. The Morgan fingerprint density at radius 2 is 2.05 bits per heavy atom. The lowest BCUT2D eigenvalue weighted by atomic mass is 10.2. The highest BCUT2D eigenvalue weighted by Crippen LogP contribution is 2.32. The molecule has 0 atom stereocenters. The predicted octanol–water partition coefficient (Wildman–Crippen LogP) is 2.97. The molecule has 1 saturated carbocycles. The van der Waals surface area contributed by atoms with E-state index >= 15 is 0 Å². The first kappa shape index (κ1) is 16.9. The fraction of sp³-hybridized carbons (Fsp3) is 0.643. The molecule has 21 heavy (non-hydrogen) atoms. The molecule has 1 aromatic heterocycles. The Bertz CT molecular complexity index is 601. The van der Waals surface area contributed by atoms with E-state index in [4.69, 9.17) is 18.0 Å². The third-order valence-electron chi connectivity index (χ3n) is 3.66. The molecule has 0 saturated heterocycles. The van der Waals surface area contributed by atoms with E-state index < -0.39 is 10.0 Å². The Labute approximate surface area is 136 Å². The van der Waals surface area contributed by atoms with Crippen LogP contribution in [0.4, 0.5) is 0 Å². The lowest BCUT2D eigenvalue weighted by Crippen LogP contribution is -2.40. The van der Waals surface area contributed by atoms with Gasteiger partial charge in [0.05, 0.1) is 4.88 Å². The molecular weight excluding hydrogens is 324 g/mol. The molecule has 7 heteroatoms. The number of rotatable bonds is 6. The van der Waals surface area contributed by atoms with E-state index in [1.165, 1.54) is 11.3 Å². The van der Waals surface area contributed by atoms with Gasteiger partial charge in [-0.1, -0.05) is 38.9 Å². The molecule has 2 N–H and O–H groups in total. The summed E-state index contributed by atoms with van der Waals surface area (Å²) >= 11 is 6.09. The minimum absolute atomic E-state index is 0.132. The third kappa shape index (κ3) is 3.83. The summed E-state index contributed by atoms with van der Waals surface area (Å²) < 4.78 is 27.9. The summed E-state index contributed by atoms with van der Waals surface area (Å²) in [7, 11) is -3.46. The van der Waals surface area contributed by atoms with Crippen LogP contribution in [-0.2, 0) is 10.0 Å². The van der Waals surface area contributed by atoms with E-state index in [9.17, 15) is 8.42 Å². The fourth-order valence-corrected chi connectivity index (χ4v) is 6.03. The maximum absolute atomic E-state index is 12.9. The standard InChI is InChI=1S/C14H22N2O2S3/c1-10(2)9-16(11-5-3-4-6-11)21(17,18)13-8-7-12(20-13)14(15)19/h7-8,10-11H,3-6,9H2,1-2H3,(H2,15,19). The number of sulfonamides is 1. The first-order chi connectivity index (χ1) is 9.82. The van der Waals surface area contributed by atoms with Crippen molar-refractivity contribution < 1.29 is 8.42 Å². The average Bonchev–Trinajstić information content (AvgIpc) is 3.06. The van der Waals surface area contributed by atoms with Crippen LogP contribution >= 0.6 is 23.6 Å². The highest BCUT2D eigenvalue weighted by molar-refractivity contribution is 7.91. The van der Waals surface area contributed by atoms with Gasteiger partial charge in [0.25, 0.3) is 10.0 Å². The van der Waals surface area contributed by atoms with Gasteiger partial charge in [-0.3, -0.25) is 0 Å². The average molecular weight is 347 g/mol. The maximum Gasteiger partial charge on any atom is 0.252 e. The zero-order chi connectivity index (χ0) is 15.6. The van der Waals surface area contributed by atoms with Crippen molar-refractivity contribution in [2.24, 2.45) is 11.7 Å². The minimum Gasteiger partial charge on any atom is -0.389 e. The smallest absolute Gasteiger partial charge is 0.252 e. The third-order valence-corrected chi connectivity index (χ3v) is 7.52. The monoisotopic (exact) mass is 346 g/mol. The largest absolute Gasteiger partial charge is 0.389 e. The molecule has 1 aliphatic carbocycles. The van der Waals surface area contributed by atoms with Crippen molar-refractivity contribution in [3.63, 3.8) is 0 Å². The maximum atomic E-state index is 12.9. The summed E-state index contributed by atoms with van der Waals surface area (Å²) in [6, 6.07) is 3.45. The second-order valence-corrected chi connectivity index (χ2v) is 9.53. The Hall–Kier alpha value is -0.500.